The second-order valence-electron chi connectivity index (χ2n) is 6.58. The van der Waals surface area contributed by atoms with E-state index in [0.29, 0.717) is 19.8 Å². The molecule has 3 heterocycles. The van der Waals surface area contributed by atoms with Gasteiger partial charge in [-0.1, -0.05) is 6.07 Å². The maximum absolute atomic E-state index is 12.6. The fraction of sp³-hybridized carbons (Fsp3) is 0.611. The number of nitrogens with one attached hydrogen (secondary N) is 1. The van der Waals surface area contributed by atoms with Gasteiger partial charge in [-0.05, 0) is 43.4 Å². The monoisotopic (exact) mass is 332 g/mol. The minimum Gasteiger partial charge on any atom is -0.486 e. The maximum Gasteiger partial charge on any atom is 0.318 e. The van der Waals surface area contributed by atoms with Gasteiger partial charge in [-0.25, -0.2) is 4.79 Å². The van der Waals surface area contributed by atoms with Crippen molar-refractivity contribution in [2.45, 2.75) is 37.8 Å². The number of carbonyl (C=O) groups excluding carboxylic acids is 1. The van der Waals surface area contributed by atoms with E-state index in [-0.39, 0.29) is 18.2 Å². The number of likely N-dealkylation sites (tertiary alicyclic amines) is 1. The van der Waals surface area contributed by atoms with Crippen molar-refractivity contribution in [2.75, 3.05) is 32.9 Å². The third kappa shape index (κ3) is 3.15. The van der Waals surface area contributed by atoms with Gasteiger partial charge in [-0.2, -0.15) is 0 Å². The van der Waals surface area contributed by atoms with Crippen molar-refractivity contribution in [1.82, 2.24) is 10.2 Å². The smallest absolute Gasteiger partial charge is 0.318 e. The van der Waals surface area contributed by atoms with Crippen LogP contribution in [0.1, 0.15) is 37.3 Å². The van der Waals surface area contributed by atoms with E-state index in [1.165, 1.54) is 0 Å². The standard InChI is InChI=1S/C18H24N2O4/c21-18(19-12-14-3-2-8-22-14)20-7-1-4-15(20)13-5-6-16-17(11-13)24-10-9-23-16/h5-6,11,14-15H,1-4,7-10,12H2,(H,19,21)/t14-,15+/m0/s1. The molecule has 1 aromatic carbocycles. The molecule has 6 nitrogen and oxygen atoms in total. The molecule has 0 aromatic heterocycles. The summed E-state index contributed by atoms with van der Waals surface area (Å²) in [6.45, 7) is 3.37. The number of nitrogens with zero attached hydrogens (tertiary/aromatic N) is 1. The normalized spacial score (nSPS) is 25.8. The molecule has 24 heavy (non-hydrogen) atoms. The number of hydrogen-bond donors (Lipinski definition) is 1. The van der Waals surface area contributed by atoms with Crippen LogP contribution in [0.4, 0.5) is 4.79 Å². The third-order valence-electron chi connectivity index (χ3n) is 4.97. The Morgan fingerprint density at radius 1 is 1.12 bits per heavy atom. The van der Waals surface area contributed by atoms with Crippen LogP contribution < -0.4 is 14.8 Å². The molecule has 0 radical (unpaired) electrons. The Bertz CT molecular complexity index is 601. The van der Waals surface area contributed by atoms with Crippen LogP contribution in [0.3, 0.4) is 0 Å². The van der Waals surface area contributed by atoms with Crippen LogP contribution in [-0.2, 0) is 4.74 Å². The van der Waals surface area contributed by atoms with Gasteiger partial charge in [0.2, 0.25) is 0 Å². The second kappa shape index (κ2) is 6.89. The van der Waals surface area contributed by atoms with Gasteiger partial charge in [-0.15, -0.1) is 0 Å². The van der Waals surface area contributed by atoms with Crippen molar-refractivity contribution in [3.05, 3.63) is 23.8 Å². The van der Waals surface area contributed by atoms with Gasteiger partial charge in [-0.3, -0.25) is 0 Å². The van der Waals surface area contributed by atoms with E-state index in [0.717, 1.165) is 55.9 Å². The molecule has 2 fully saturated rings. The van der Waals surface area contributed by atoms with Crippen LogP contribution in [0.2, 0.25) is 0 Å². The highest BCUT2D eigenvalue weighted by Crippen LogP contribution is 2.38. The molecule has 6 heteroatoms. The maximum atomic E-state index is 12.6. The van der Waals surface area contributed by atoms with E-state index in [1.807, 2.05) is 23.1 Å². The Morgan fingerprint density at radius 2 is 2.00 bits per heavy atom. The number of carbonyl (C=O) groups is 1. The number of ether oxygens (including phenoxy) is 3. The van der Waals surface area contributed by atoms with Crippen molar-refractivity contribution >= 4 is 6.03 Å². The van der Waals surface area contributed by atoms with E-state index >= 15 is 0 Å². The van der Waals surface area contributed by atoms with Gasteiger partial charge in [0.15, 0.2) is 11.5 Å². The molecule has 0 spiro atoms. The first-order valence-corrected chi connectivity index (χ1v) is 8.87. The zero-order valence-corrected chi connectivity index (χ0v) is 13.8. The molecule has 3 aliphatic rings. The summed E-state index contributed by atoms with van der Waals surface area (Å²) in [4.78, 5) is 14.5. The summed E-state index contributed by atoms with van der Waals surface area (Å²) in [6.07, 6.45) is 4.29. The lowest BCUT2D eigenvalue weighted by atomic mass is 10.0. The van der Waals surface area contributed by atoms with Crippen LogP contribution >= 0.6 is 0 Å². The lowest BCUT2D eigenvalue weighted by Gasteiger charge is -2.27. The van der Waals surface area contributed by atoms with Crippen LogP contribution in [0.15, 0.2) is 18.2 Å². The molecular weight excluding hydrogens is 308 g/mol. The third-order valence-corrected chi connectivity index (χ3v) is 4.97. The van der Waals surface area contributed by atoms with Crippen molar-refractivity contribution < 1.29 is 19.0 Å². The second-order valence-corrected chi connectivity index (χ2v) is 6.58. The Hall–Kier alpha value is -1.95. The zero-order valence-electron chi connectivity index (χ0n) is 13.8. The van der Waals surface area contributed by atoms with Crippen molar-refractivity contribution in [1.29, 1.82) is 0 Å². The molecule has 2 saturated heterocycles. The Labute approximate surface area is 142 Å². The van der Waals surface area contributed by atoms with E-state index < -0.39 is 0 Å². The zero-order chi connectivity index (χ0) is 16.4. The van der Waals surface area contributed by atoms with Gasteiger partial charge < -0.3 is 24.4 Å². The van der Waals surface area contributed by atoms with Crippen LogP contribution in [0, 0.1) is 0 Å². The fourth-order valence-corrected chi connectivity index (χ4v) is 3.73. The predicted molar refractivity (Wildman–Crippen MR) is 88.5 cm³/mol. The quantitative estimate of drug-likeness (QED) is 0.924. The molecular formula is C18H24N2O4. The molecule has 0 aliphatic carbocycles. The van der Waals surface area contributed by atoms with Crippen molar-refractivity contribution in [2.24, 2.45) is 0 Å². The average Bonchev–Trinajstić information content (AvgIpc) is 3.31. The summed E-state index contributed by atoms with van der Waals surface area (Å²) in [5.41, 5.74) is 1.11. The van der Waals surface area contributed by atoms with Gasteiger partial charge in [0.25, 0.3) is 0 Å². The topological polar surface area (TPSA) is 60.0 Å². The molecule has 1 aromatic rings. The molecule has 0 saturated carbocycles. The molecule has 0 bridgehead atoms. The van der Waals surface area contributed by atoms with Crippen LogP contribution in [0.5, 0.6) is 11.5 Å². The van der Waals surface area contributed by atoms with E-state index in [4.69, 9.17) is 14.2 Å². The number of amides is 2. The first-order valence-electron chi connectivity index (χ1n) is 8.87. The number of fused-ring (bicyclic) bond motifs is 1. The lowest BCUT2D eigenvalue weighted by molar-refractivity contribution is 0.108. The minimum atomic E-state index is 0.00268. The van der Waals surface area contributed by atoms with Crippen molar-refractivity contribution in [3.63, 3.8) is 0 Å². The highest BCUT2D eigenvalue weighted by atomic mass is 16.6. The summed E-state index contributed by atoms with van der Waals surface area (Å²) in [5, 5.41) is 3.03. The SMILES string of the molecule is O=C(NC[C@@H]1CCCO1)N1CCC[C@@H]1c1ccc2c(c1)OCCO2. The number of urea groups is 1. The Morgan fingerprint density at radius 3 is 2.83 bits per heavy atom. The summed E-state index contributed by atoms with van der Waals surface area (Å²) >= 11 is 0. The van der Waals surface area contributed by atoms with Crippen LogP contribution in [0.25, 0.3) is 0 Å². The van der Waals surface area contributed by atoms with E-state index in [2.05, 4.69) is 5.32 Å². The summed E-state index contributed by atoms with van der Waals surface area (Å²) in [7, 11) is 0. The molecule has 2 atom stereocenters. The molecule has 4 rings (SSSR count). The van der Waals surface area contributed by atoms with Crippen LogP contribution in [-0.4, -0.2) is 49.9 Å². The molecule has 1 N–H and O–H groups in total. The van der Waals surface area contributed by atoms with Gasteiger partial charge in [0.1, 0.15) is 13.2 Å². The minimum absolute atomic E-state index is 0.00268. The first-order chi connectivity index (χ1) is 11.8. The molecule has 2 amide bonds. The van der Waals surface area contributed by atoms with Crippen molar-refractivity contribution in [3.8, 4) is 11.5 Å². The Balaban J connectivity index is 1.43. The predicted octanol–water partition coefficient (Wildman–Crippen LogP) is 2.48. The van der Waals surface area contributed by atoms with E-state index in [9.17, 15) is 4.79 Å². The van der Waals surface area contributed by atoms with Gasteiger partial charge in [0, 0.05) is 19.7 Å². The largest absolute Gasteiger partial charge is 0.486 e. The first kappa shape index (κ1) is 15.6. The average molecular weight is 332 g/mol. The highest BCUT2D eigenvalue weighted by molar-refractivity contribution is 5.75. The summed E-state index contributed by atoms with van der Waals surface area (Å²) in [5.74, 6) is 1.57. The molecule has 3 aliphatic heterocycles. The number of benzene rings is 1. The number of rotatable bonds is 3. The Kier molecular flexibility index (Phi) is 4.47. The number of hydrogen-bond acceptors (Lipinski definition) is 4. The van der Waals surface area contributed by atoms with E-state index in [1.54, 1.807) is 0 Å². The molecule has 130 valence electrons. The van der Waals surface area contributed by atoms with Gasteiger partial charge in [0.05, 0.1) is 12.1 Å². The summed E-state index contributed by atoms with van der Waals surface area (Å²) < 4.78 is 16.8. The lowest BCUT2D eigenvalue weighted by Crippen LogP contribution is -2.42. The fourth-order valence-electron chi connectivity index (χ4n) is 3.73. The molecule has 0 unspecified atom stereocenters. The highest BCUT2D eigenvalue weighted by Gasteiger charge is 2.31. The van der Waals surface area contributed by atoms with Gasteiger partial charge >= 0.3 is 6.03 Å². The summed E-state index contributed by atoms with van der Waals surface area (Å²) in [6, 6.07) is 6.12.